The van der Waals surface area contributed by atoms with Gasteiger partial charge >= 0.3 is 0 Å². The highest BCUT2D eigenvalue weighted by Crippen LogP contribution is 2.26. The molecule has 9 heteroatoms. The van der Waals surface area contributed by atoms with E-state index >= 15 is 0 Å². The maximum absolute atomic E-state index is 13.1. The van der Waals surface area contributed by atoms with Gasteiger partial charge < -0.3 is 19.5 Å². The fourth-order valence-electron chi connectivity index (χ4n) is 3.05. The first-order chi connectivity index (χ1) is 15.9. The highest BCUT2D eigenvalue weighted by atomic mass is 32.2. The molecule has 1 amide bonds. The summed E-state index contributed by atoms with van der Waals surface area (Å²) in [5.41, 5.74) is 0.704. The van der Waals surface area contributed by atoms with Crippen LogP contribution in [0.3, 0.4) is 0 Å². The highest BCUT2D eigenvalue weighted by Gasteiger charge is 2.22. The molecule has 0 spiro atoms. The van der Waals surface area contributed by atoms with Gasteiger partial charge in [0, 0.05) is 12.6 Å². The lowest BCUT2D eigenvalue weighted by molar-refractivity contribution is 0.0946. The van der Waals surface area contributed by atoms with Gasteiger partial charge in [0.1, 0.15) is 12.4 Å². The van der Waals surface area contributed by atoms with Crippen LogP contribution in [0.4, 0.5) is 5.69 Å². The van der Waals surface area contributed by atoms with Crippen molar-refractivity contribution >= 4 is 21.6 Å². The van der Waals surface area contributed by atoms with Crippen LogP contribution in [-0.2, 0) is 10.0 Å². The zero-order chi connectivity index (χ0) is 23.8. The number of carbonyl (C=O) groups is 1. The lowest BCUT2D eigenvalue weighted by atomic mass is 10.2. The van der Waals surface area contributed by atoms with E-state index in [1.165, 1.54) is 32.4 Å². The quantitative estimate of drug-likeness (QED) is 0.457. The van der Waals surface area contributed by atoms with E-state index in [0.29, 0.717) is 22.9 Å². The van der Waals surface area contributed by atoms with Gasteiger partial charge in [-0.05, 0) is 54.6 Å². The Morgan fingerprint density at radius 1 is 0.909 bits per heavy atom. The molecule has 0 aliphatic heterocycles. The molecule has 0 saturated carbocycles. The fraction of sp³-hybridized carbons (Fsp3) is 0.208. The van der Waals surface area contributed by atoms with Crippen molar-refractivity contribution < 1.29 is 27.4 Å². The highest BCUT2D eigenvalue weighted by molar-refractivity contribution is 7.92. The number of benzene rings is 3. The van der Waals surface area contributed by atoms with Crippen molar-refractivity contribution in [3.63, 3.8) is 0 Å². The topological polar surface area (TPSA) is 94.2 Å². The molecule has 3 rings (SSSR count). The summed E-state index contributed by atoms with van der Waals surface area (Å²) in [5, 5.41) is 2.73. The second-order valence-electron chi connectivity index (χ2n) is 6.95. The van der Waals surface area contributed by atoms with Crippen LogP contribution in [0, 0.1) is 0 Å². The first-order valence-corrected chi connectivity index (χ1v) is 11.6. The first-order valence-electron chi connectivity index (χ1n) is 10.1. The maximum atomic E-state index is 13.1. The van der Waals surface area contributed by atoms with E-state index in [-0.39, 0.29) is 23.6 Å². The minimum Gasteiger partial charge on any atom is -0.497 e. The number of hydrogen-bond donors (Lipinski definition) is 1. The Kier molecular flexibility index (Phi) is 7.78. The lowest BCUT2D eigenvalue weighted by Gasteiger charge is -2.20. The number of ether oxygens (including phenoxy) is 3. The molecule has 0 aliphatic carbocycles. The minimum atomic E-state index is -3.86. The van der Waals surface area contributed by atoms with E-state index in [1.807, 2.05) is 12.1 Å². The van der Waals surface area contributed by atoms with Crippen LogP contribution in [0.2, 0.25) is 0 Å². The van der Waals surface area contributed by atoms with Crippen LogP contribution in [0.1, 0.15) is 10.4 Å². The van der Waals surface area contributed by atoms with Crippen molar-refractivity contribution in [2.45, 2.75) is 4.90 Å². The van der Waals surface area contributed by atoms with Gasteiger partial charge in [-0.2, -0.15) is 0 Å². The van der Waals surface area contributed by atoms with Crippen LogP contribution < -0.4 is 23.8 Å². The zero-order valence-electron chi connectivity index (χ0n) is 18.6. The molecule has 0 unspecified atom stereocenters. The molecule has 0 aromatic heterocycles. The standard InChI is InChI=1S/C24H26N2O6S/c1-26(19-11-13-20(30-2)14-12-19)33(28,29)21-8-6-7-18(17-21)24(27)25-15-16-32-23-10-5-4-9-22(23)31-3/h4-14,17H,15-16H2,1-3H3,(H,25,27). The minimum absolute atomic E-state index is 0.0127. The van der Waals surface area contributed by atoms with Crippen molar-refractivity contribution in [2.24, 2.45) is 0 Å². The molecule has 3 aromatic carbocycles. The number of para-hydroxylation sites is 2. The molecule has 0 aliphatic rings. The van der Waals surface area contributed by atoms with E-state index in [0.717, 1.165) is 4.31 Å². The van der Waals surface area contributed by atoms with Crippen molar-refractivity contribution in [2.75, 3.05) is 38.7 Å². The number of anilines is 1. The maximum Gasteiger partial charge on any atom is 0.264 e. The Morgan fingerprint density at radius 3 is 2.27 bits per heavy atom. The molecule has 0 saturated heterocycles. The van der Waals surface area contributed by atoms with Gasteiger partial charge in [-0.15, -0.1) is 0 Å². The van der Waals surface area contributed by atoms with E-state index in [4.69, 9.17) is 14.2 Å². The van der Waals surface area contributed by atoms with Crippen molar-refractivity contribution in [3.05, 3.63) is 78.4 Å². The van der Waals surface area contributed by atoms with Gasteiger partial charge in [-0.25, -0.2) is 8.42 Å². The van der Waals surface area contributed by atoms with Crippen LogP contribution in [0.25, 0.3) is 0 Å². The van der Waals surface area contributed by atoms with Crippen LogP contribution in [0.5, 0.6) is 17.2 Å². The number of nitrogens with zero attached hydrogens (tertiary/aromatic N) is 1. The SMILES string of the molecule is COc1ccc(N(C)S(=O)(=O)c2cccc(C(=O)NCCOc3ccccc3OC)c2)cc1. The van der Waals surface area contributed by atoms with E-state index in [2.05, 4.69) is 5.32 Å². The van der Waals surface area contributed by atoms with Crippen LogP contribution in [-0.4, -0.2) is 48.7 Å². The molecule has 0 radical (unpaired) electrons. The Bertz CT molecular complexity index is 1200. The van der Waals surface area contributed by atoms with E-state index in [1.54, 1.807) is 49.6 Å². The van der Waals surface area contributed by atoms with Crippen molar-refractivity contribution in [3.8, 4) is 17.2 Å². The summed E-state index contributed by atoms with van der Waals surface area (Å²) in [6, 6.07) is 19.8. The fourth-order valence-corrected chi connectivity index (χ4v) is 4.29. The molecule has 8 nitrogen and oxygen atoms in total. The van der Waals surface area contributed by atoms with Crippen molar-refractivity contribution in [1.29, 1.82) is 0 Å². The number of hydrogen-bond acceptors (Lipinski definition) is 6. The third-order valence-corrected chi connectivity index (χ3v) is 6.69. The third-order valence-electron chi connectivity index (χ3n) is 4.90. The van der Waals surface area contributed by atoms with Crippen LogP contribution in [0.15, 0.2) is 77.7 Å². The van der Waals surface area contributed by atoms with Gasteiger partial charge in [-0.1, -0.05) is 18.2 Å². The predicted octanol–water partition coefficient (Wildman–Crippen LogP) is 3.34. The van der Waals surface area contributed by atoms with Gasteiger partial charge in [0.2, 0.25) is 0 Å². The van der Waals surface area contributed by atoms with Gasteiger partial charge in [0.25, 0.3) is 15.9 Å². The molecular formula is C24H26N2O6S. The molecule has 0 bridgehead atoms. The van der Waals surface area contributed by atoms with E-state index in [9.17, 15) is 13.2 Å². The lowest BCUT2D eigenvalue weighted by Crippen LogP contribution is -2.29. The average Bonchev–Trinajstić information content (AvgIpc) is 2.86. The summed E-state index contributed by atoms with van der Waals surface area (Å²) in [7, 11) is 0.686. The molecule has 3 aromatic rings. The second kappa shape index (κ2) is 10.7. The predicted molar refractivity (Wildman–Crippen MR) is 126 cm³/mol. The Morgan fingerprint density at radius 2 is 1.61 bits per heavy atom. The molecule has 0 heterocycles. The van der Waals surface area contributed by atoms with Gasteiger partial charge in [0.15, 0.2) is 11.5 Å². The summed E-state index contributed by atoms with van der Waals surface area (Å²) >= 11 is 0. The molecule has 0 atom stereocenters. The number of rotatable bonds is 10. The van der Waals surface area contributed by atoms with E-state index < -0.39 is 15.9 Å². The summed E-state index contributed by atoms with van der Waals surface area (Å²) < 4.78 is 43.3. The number of carbonyl (C=O) groups excluding carboxylic acids is 1. The Hall–Kier alpha value is -3.72. The normalized spacial score (nSPS) is 10.9. The summed E-state index contributed by atoms with van der Waals surface area (Å²) in [6.45, 7) is 0.462. The summed E-state index contributed by atoms with van der Waals surface area (Å²) in [6.07, 6.45) is 0. The number of methoxy groups -OCH3 is 2. The number of amides is 1. The van der Waals surface area contributed by atoms with Crippen LogP contribution >= 0.6 is 0 Å². The largest absolute Gasteiger partial charge is 0.497 e. The molecule has 1 N–H and O–H groups in total. The second-order valence-corrected chi connectivity index (χ2v) is 8.92. The third kappa shape index (κ3) is 5.75. The Labute approximate surface area is 193 Å². The van der Waals surface area contributed by atoms with Gasteiger partial charge in [-0.3, -0.25) is 9.10 Å². The monoisotopic (exact) mass is 470 g/mol. The molecular weight excluding hydrogens is 444 g/mol. The summed E-state index contributed by atoms with van der Waals surface area (Å²) in [5.74, 6) is 1.40. The average molecular weight is 471 g/mol. The number of nitrogens with one attached hydrogen (secondary N) is 1. The first kappa shape index (κ1) is 23.9. The zero-order valence-corrected chi connectivity index (χ0v) is 19.5. The smallest absolute Gasteiger partial charge is 0.264 e. The molecule has 0 fully saturated rings. The molecule has 174 valence electrons. The Balaban J connectivity index is 1.64. The number of sulfonamides is 1. The van der Waals surface area contributed by atoms with Gasteiger partial charge in [0.05, 0.1) is 31.3 Å². The summed E-state index contributed by atoms with van der Waals surface area (Å²) in [4.78, 5) is 12.6. The molecule has 33 heavy (non-hydrogen) atoms. The van der Waals surface area contributed by atoms with Crippen molar-refractivity contribution in [1.82, 2.24) is 5.32 Å².